The van der Waals surface area contributed by atoms with E-state index in [1.807, 2.05) is 19.9 Å². The molecule has 9 heteroatoms. The number of hydrogen-bond acceptors (Lipinski definition) is 6. The molecule has 0 spiro atoms. The quantitative estimate of drug-likeness (QED) is 0.724. The lowest BCUT2D eigenvalue weighted by atomic mass is 10.1. The average Bonchev–Trinajstić information content (AvgIpc) is 3.00. The maximum absolute atomic E-state index is 12.9. The fourth-order valence-electron chi connectivity index (χ4n) is 3.54. The van der Waals surface area contributed by atoms with Crippen molar-refractivity contribution in [3.05, 3.63) is 45.6 Å². The van der Waals surface area contributed by atoms with Crippen LogP contribution in [0, 0.1) is 13.8 Å². The van der Waals surface area contributed by atoms with Crippen molar-refractivity contribution in [3.63, 3.8) is 0 Å². The van der Waals surface area contributed by atoms with Crippen molar-refractivity contribution in [2.24, 2.45) is 0 Å². The van der Waals surface area contributed by atoms with Crippen molar-refractivity contribution in [1.29, 1.82) is 0 Å². The van der Waals surface area contributed by atoms with Crippen LogP contribution in [-0.4, -0.2) is 61.4 Å². The highest BCUT2D eigenvalue weighted by molar-refractivity contribution is 7.89. The van der Waals surface area contributed by atoms with Gasteiger partial charge in [-0.25, -0.2) is 8.42 Å². The van der Waals surface area contributed by atoms with Crippen molar-refractivity contribution in [1.82, 2.24) is 9.21 Å². The monoisotopic (exact) mass is 437 g/mol. The number of carbonyl (C=O) groups excluding carboxylic acids is 1. The fourth-order valence-corrected chi connectivity index (χ4v) is 5.94. The average molecular weight is 438 g/mol. The zero-order valence-electron chi connectivity index (χ0n) is 16.9. The number of nitrogens with zero attached hydrogens (tertiary/aromatic N) is 2. The highest BCUT2D eigenvalue weighted by Gasteiger charge is 2.29. The summed E-state index contributed by atoms with van der Waals surface area (Å²) in [5.41, 5.74) is 1.52. The Labute approximate surface area is 176 Å². The molecule has 1 unspecified atom stereocenters. The van der Waals surface area contributed by atoms with Gasteiger partial charge in [0.15, 0.2) is 0 Å². The smallest absolute Gasteiger partial charge is 0.243 e. The van der Waals surface area contributed by atoms with Crippen molar-refractivity contribution in [2.45, 2.75) is 31.8 Å². The van der Waals surface area contributed by atoms with Crippen LogP contribution in [0.4, 0.5) is 5.69 Å². The van der Waals surface area contributed by atoms with E-state index in [0.29, 0.717) is 38.4 Å². The summed E-state index contributed by atoms with van der Waals surface area (Å²) in [6, 6.07) is 8.23. The number of amides is 1. The first-order chi connectivity index (χ1) is 13.7. The lowest BCUT2D eigenvalue weighted by molar-refractivity contribution is -0.114. The minimum Gasteiger partial charge on any atom is -0.387 e. The maximum Gasteiger partial charge on any atom is 0.243 e. The molecule has 1 atom stereocenters. The third-order valence-electron chi connectivity index (χ3n) is 5.01. The van der Waals surface area contributed by atoms with Crippen molar-refractivity contribution < 1.29 is 18.3 Å². The van der Waals surface area contributed by atoms with E-state index >= 15 is 0 Å². The molecular weight excluding hydrogens is 410 g/mol. The van der Waals surface area contributed by atoms with Gasteiger partial charge in [0.1, 0.15) is 0 Å². The second-order valence-corrected chi connectivity index (χ2v) is 10.7. The molecule has 1 saturated heterocycles. The molecule has 0 saturated carbocycles. The van der Waals surface area contributed by atoms with E-state index in [4.69, 9.17) is 0 Å². The minimum absolute atomic E-state index is 0.202. The van der Waals surface area contributed by atoms with E-state index in [2.05, 4.69) is 10.2 Å². The summed E-state index contributed by atoms with van der Waals surface area (Å²) >= 11 is 1.68. The van der Waals surface area contributed by atoms with Crippen LogP contribution < -0.4 is 5.32 Å². The standard InChI is InChI=1S/C20H27N3O4S2/c1-14-12-19(15(2)28-14)20(25)13-22-8-10-23(11-9-22)29(26,27)18-6-4-17(5-7-18)21-16(3)24/h4-7,12,20,25H,8-11,13H2,1-3H3,(H,21,24). The molecule has 0 radical (unpaired) electrons. The van der Waals surface area contributed by atoms with Crippen LogP contribution >= 0.6 is 11.3 Å². The summed E-state index contributed by atoms with van der Waals surface area (Å²) in [6.07, 6.45) is -0.565. The van der Waals surface area contributed by atoms with Crippen LogP contribution in [0.5, 0.6) is 0 Å². The predicted molar refractivity (Wildman–Crippen MR) is 115 cm³/mol. The molecule has 1 aliphatic heterocycles. The molecule has 1 fully saturated rings. The molecule has 29 heavy (non-hydrogen) atoms. The number of benzene rings is 1. The number of β-amino-alcohol motifs (C(OH)–C–C–N with tert-alkyl or cyclic N) is 1. The van der Waals surface area contributed by atoms with E-state index in [-0.39, 0.29) is 10.8 Å². The van der Waals surface area contributed by atoms with Gasteiger partial charge in [-0.2, -0.15) is 4.31 Å². The Bertz CT molecular complexity index is 962. The molecule has 3 rings (SSSR count). The van der Waals surface area contributed by atoms with Crippen molar-refractivity contribution in [2.75, 3.05) is 38.0 Å². The van der Waals surface area contributed by atoms with E-state index in [0.717, 1.165) is 10.4 Å². The molecule has 0 bridgehead atoms. The van der Waals surface area contributed by atoms with Crippen LogP contribution in [0.15, 0.2) is 35.2 Å². The third-order valence-corrected chi connectivity index (χ3v) is 7.91. The first kappa shape index (κ1) is 21.9. The summed E-state index contributed by atoms with van der Waals surface area (Å²) < 4.78 is 27.3. The molecule has 1 aromatic carbocycles. The van der Waals surface area contributed by atoms with Gasteiger partial charge in [-0.3, -0.25) is 9.69 Å². The number of aliphatic hydroxyl groups excluding tert-OH is 1. The summed E-state index contributed by atoms with van der Waals surface area (Å²) in [4.78, 5) is 15.7. The molecule has 158 valence electrons. The SMILES string of the molecule is CC(=O)Nc1ccc(S(=O)(=O)N2CCN(CC(O)c3cc(C)sc3C)CC2)cc1. The molecule has 1 aromatic heterocycles. The number of hydrogen-bond donors (Lipinski definition) is 2. The van der Waals surface area contributed by atoms with Crippen molar-refractivity contribution >= 4 is 33.0 Å². The summed E-state index contributed by atoms with van der Waals surface area (Å²) in [7, 11) is -3.58. The van der Waals surface area contributed by atoms with Gasteiger partial charge in [-0.1, -0.05) is 0 Å². The largest absolute Gasteiger partial charge is 0.387 e. The van der Waals surface area contributed by atoms with Gasteiger partial charge in [0.25, 0.3) is 0 Å². The second kappa shape index (κ2) is 8.93. The summed E-state index contributed by atoms with van der Waals surface area (Å²) in [5.74, 6) is -0.202. The van der Waals surface area contributed by atoms with Gasteiger partial charge in [0, 0.05) is 55.1 Å². The lowest BCUT2D eigenvalue weighted by Crippen LogP contribution is -2.49. The number of carbonyl (C=O) groups is 1. The molecular formula is C20H27N3O4S2. The topological polar surface area (TPSA) is 90.0 Å². The molecule has 1 amide bonds. The number of aryl methyl sites for hydroxylation is 2. The maximum atomic E-state index is 12.9. The van der Waals surface area contributed by atoms with E-state index < -0.39 is 16.1 Å². The first-order valence-corrected chi connectivity index (χ1v) is 11.8. The zero-order valence-corrected chi connectivity index (χ0v) is 18.5. The van der Waals surface area contributed by atoms with E-state index in [9.17, 15) is 18.3 Å². The fraction of sp³-hybridized carbons (Fsp3) is 0.450. The minimum atomic E-state index is -3.58. The van der Waals surface area contributed by atoms with Crippen LogP contribution in [0.3, 0.4) is 0 Å². The zero-order chi connectivity index (χ0) is 21.2. The van der Waals surface area contributed by atoms with Crippen LogP contribution in [-0.2, 0) is 14.8 Å². The lowest BCUT2D eigenvalue weighted by Gasteiger charge is -2.35. The van der Waals surface area contributed by atoms with E-state index in [1.165, 1.54) is 28.2 Å². The van der Waals surface area contributed by atoms with E-state index in [1.54, 1.807) is 23.5 Å². The Morgan fingerprint density at radius 2 is 1.79 bits per heavy atom. The predicted octanol–water partition coefficient (Wildman–Crippen LogP) is 2.36. The number of sulfonamides is 1. The first-order valence-electron chi connectivity index (χ1n) is 9.52. The van der Waals surface area contributed by atoms with Crippen LogP contribution in [0.1, 0.15) is 28.3 Å². The Kier molecular flexibility index (Phi) is 6.75. The highest BCUT2D eigenvalue weighted by Crippen LogP contribution is 2.27. The number of thiophene rings is 1. The molecule has 7 nitrogen and oxygen atoms in total. The van der Waals surface area contributed by atoms with Gasteiger partial charge < -0.3 is 10.4 Å². The summed E-state index contributed by atoms with van der Waals surface area (Å²) in [6.45, 7) is 7.84. The Morgan fingerprint density at radius 1 is 1.17 bits per heavy atom. The molecule has 0 aliphatic carbocycles. The van der Waals surface area contributed by atoms with Crippen LogP contribution in [0.2, 0.25) is 0 Å². The molecule has 2 aromatic rings. The second-order valence-electron chi connectivity index (χ2n) is 7.29. The Hall–Kier alpha value is -1.78. The number of rotatable bonds is 6. The van der Waals surface area contributed by atoms with Gasteiger partial charge in [0.2, 0.25) is 15.9 Å². The van der Waals surface area contributed by atoms with Crippen molar-refractivity contribution in [3.8, 4) is 0 Å². The third kappa shape index (κ3) is 5.23. The van der Waals surface area contributed by atoms with Gasteiger partial charge in [-0.15, -0.1) is 11.3 Å². The summed E-state index contributed by atoms with van der Waals surface area (Å²) in [5, 5.41) is 13.2. The van der Waals surface area contributed by atoms with Gasteiger partial charge in [0.05, 0.1) is 11.0 Å². The number of anilines is 1. The van der Waals surface area contributed by atoms with Gasteiger partial charge in [-0.05, 0) is 49.7 Å². The van der Waals surface area contributed by atoms with Crippen LogP contribution in [0.25, 0.3) is 0 Å². The normalized spacial score (nSPS) is 17.2. The number of piperazine rings is 1. The highest BCUT2D eigenvalue weighted by atomic mass is 32.2. The van der Waals surface area contributed by atoms with Gasteiger partial charge >= 0.3 is 0 Å². The Balaban J connectivity index is 1.59. The molecule has 2 N–H and O–H groups in total. The molecule has 1 aliphatic rings. The Morgan fingerprint density at radius 3 is 2.31 bits per heavy atom. The number of nitrogens with one attached hydrogen (secondary N) is 1. The molecule has 2 heterocycles. The number of aliphatic hydroxyl groups is 1.